The van der Waals surface area contributed by atoms with Gasteiger partial charge in [0.25, 0.3) is 0 Å². The van der Waals surface area contributed by atoms with Crippen molar-refractivity contribution in [1.82, 2.24) is 5.32 Å². The van der Waals surface area contributed by atoms with Gasteiger partial charge in [-0.3, -0.25) is 4.79 Å². The van der Waals surface area contributed by atoms with E-state index in [4.69, 9.17) is 0 Å². The smallest absolute Gasteiger partial charge is 0.249 e. The normalized spacial score (nSPS) is 13.7. The van der Waals surface area contributed by atoms with Gasteiger partial charge in [0.05, 0.1) is 18.8 Å². The van der Waals surface area contributed by atoms with Crippen molar-refractivity contribution in [3.63, 3.8) is 0 Å². The van der Waals surface area contributed by atoms with E-state index in [1.165, 1.54) is 186 Å². The zero-order valence-corrected chi connectivity index (χ0v) is 34.2. The molecule has 5 heteroatoms. The Balaban J connectivity index is 3.60. The Morgan fingerprint density at radius 1 is 0.471 bits per heavy atom. The van der Waals surface area contributed by atoms with Crippen LogP contribution in [0, 0.1) is 0 Å². The van der Waals surface area contributed by atoms with Crippen LogP contribution >= 0.6 is 0 Å². The first-order valence-electron chi connectivity index (χ1n) is 22.7. The second-order valence-electron chi connectivity index (χ2n) is 15.6. The van der Waals surface area contributed by atoms with Crippen LogP contribution in [0.1, 0.15) is 239 Å². The fourth-order valence-corrected chi connectivity index (χ4v) is 6.94. The van der Waals surface area contributed by atoms with Crippen LogP contribution in [0.25, 0.3) is 0 Å². The molecule has 0 aromatic heterocycles. The van der Waals surface area contributed by atoms with Crippen LogP contribution in [0.3, 0.4) is 0 Å². The van der Waals surface area contributed by atoms with Crippen molar-refractivity contribution in [2.24, 2.45) is 0 Å². The lowest BCUT2D eigenvalue weighted by Crippen LogP contribution is -2.48. The van der Waals surface area contributed by atoms with Gasteiger partial charge in [0.2, 0.25) is 5.91 Å². The molecule has 0 bridgehead atoms. The van der Waals surface area contributed by atoms with E-state index < -0.39 is 24.2 Å². The fourth-order valence-electron chi connectivity index (χ4n) is 6.94. The Labute approximate surface area is 318 Å². The fraction of sp³-hybridized carbons (Fsp3) is 0.891. The number of carbonyl (C=O) groups is 1. The molecule has 1 amide bonds. The molecule has 51 heavy (non-hydrogen) atoms. The van der Waals surface area contributed by atoms with Gasteiger partial charge in [-0.2, -0.15) is 0 Å². The van der Waals surface area contributed by atoms with Crippen LogP contribution in [0.2, 0.25) is 0 Å². The lowest BCUT2D eigenvalue weighted by atomic mass is 10.0. The van der Waals surface area contributed by atoms with Crippen LogP contribution in [-0.2, 0) is 4.79 Å². The minimum absolute atomic E-state index is 0.363. The quantitative estimate of drug-likeness (QED) is 0.0374. The summed E-state index contributed by atoms with van der Waals surface area (Å²) in [5.41, 5.74) is 0. The summed E-state index contributed by atoms with van der Waals surface area (Å²) in [6, 6.07) is -0.795. The highest BCUT2D eigenvalue weighted by Gasteiger charge is 2.22. The van der Waals surface area contributed by atoms with Gasteiger partial charge in [0, 0.05) is 0 Å². The predicted octanol–water partition coefficient (Wildman–Crippen LogP) is 13.0. The molecule has 5 nitrogen and oxygen atoms in total. The predicted molar refractivity (Wildman–Crippen MR) is 222 cm³/mol. The molecule has 0 aliphatic heterocycles. The van der Waals surface area contributed by atoms with Crippen molar-refractivity contribution >= 4 is 5.91 Å². The van der Waals surface area contributed by atoms with Gasteiger partial charge in [0.1, 0.15) is 6.10 Å². The zero-order chi connectivity index (χ0) is 37.3. The third-order valence-corrected chi connectivity index (χ3v) is 10.5. The summed E-state index contributed by atoms with van der Waals surface area (Å²) in [5.74, 6) is -0.504. The van der Waals surface area contributed by atoms with E-state index >= 15 is 0 Å². The standard InChI is InChI=1S/C46H89NO4/c1-3-5-7-9-11-13-15-17-18-19-20-21-22-23-24-25-26-27-28-29-31-33-35-37-39-41-45(50)46(51)47-43(42-48)44(49)40-38-36-34-32-30-16-14-12-10-8-6-4-2/h23-24,38,40,43-45,48-50H,3-22,25-37,39,41-42H2,1-2H3,(H,47,51)/b24-23-,40-38+. The Kier molecular flexibility index (Phi) is 40.6. The topological polar surface area (TPSA) is 89.8 Å². The summed E-state index contributed by atoms with van der Waals surface area (Å²) in [6.07, 6.45) is 50.8. The summed E-state index contributed by atoms with van der Waals surface area (Å²) in [5, 5.41) is 33.1. The first-order chi connectivity index (χ1) is 25.1. The molecule has 0 spiro atoms. The number of rotatable bonds is 41. The minimum atomic E-state index is -1.10. The van der Waals surface area contributed by atoms with Gasteiger partial charge in [-0.15, -0.1) is 0 Å². The monoisotopic (exact) mass is 720 g/mol. The SMILES string of the molecule is CCCCCCCCCCCC/C=C/C(O)C(CO)NC(=O)C(O)CCCCCCCCCCC/C=C\CCCCCCCCCCCCCC. The van der Waals surface area contributed by atoms with Gasteiger partial charge in [-0.05, 0) is 44.9 Å². The minimum Gasteiger partial charge on any atom is -0.394 e. The molecule has 302 valence electrons. The molecule has 3 atom stereocenters. The van der Waals surface area contributed by atoms with Crippen LogP contribution < -0.4 is 5.32 Å². The van der Waals surface area contributed by atoms with E-state index in [2.05, 4.69) is 31.3 Å². The molecule has 0 fully saturated rings. The molecule has 3 unspecified atom stereocenters. The van der Waals surface area contributed by atoms with Crippen molar-refractivity contribution in [2.45, 2.75) is 257 Å². The van der Waals surface area contributed by atoms with Gasteiger partial charge >= 0.3 is 0 Å². The molecular formula is C46H89NO4. The molecule has 0 saturated heterocycles. The molecule has 0 aliphatic rings. The first kappa shape index (κ1) is 49.8. The van der Waals surface area contributed by atoms with Crippen molar-refractivity contribution in [1.29, 1.82) is 0 Å². The maximum absolute atomic E-state index is 12.4. The van der Waals surface area contributed by atoms with E-state index in [9.17, 15) is 20.1 Å². The second kappa shape index (κ2) is 41.6. The summed E-state index contributed by atoms with van der Waals surface area (Å²) >= 11 is 0. The maximum atomic E-state index is 12.4. The van der Waals surface area contributed by atoms with Gasteiger partial charge < -0.3 is 20.6 Å². The molecule has 4 N–H and O–H groups in total. The Hall–Kier alpha value is -1.17. The Morgan fingerprint density at radius 3 is 1.14 bits per heavy atom. The number of aliphatic hydroxyl groups is 3. The highest BCUT2D eigenvalue weighted by molar-refractivity contribution is 5.80. The van der Waals surface area contributed by atoms with Gasteiger partial charge in [0.15, 0.2) is 0 Å². The third kappa shape index (κ3) is 37.0. The number of amides is 1. The van der Waals surface area contributed by atoms with Crippen molar-refractivity contribution in [2.75, 3.05) is 6.61 Å². The molecule has 0 saturated carbocycles. The maximum Gasteiger partial charge on any atom is 0.249 e. The van der Waals surface area contributed by atoms with Crippen LogP contribution in [0.4, 0.5) is 0 Å². The molecule has 0 heterocycles. The average molecular weight is 720 g/mol. The van der Waals surface area contributed by atoms with E-state index in [-0.39, 0.29) is 6.61 Å². The molecule has 0 rings (SSSR count). The lowest BCUT2D eigenvalue weighted by Gasteiger charge is -2.21. The highest BCUT2D eigenvalue weighted by Crippen LogP contribution is 2.15. The molecule has 0 aromatic rings. The van der Waals surface area contributed by atoms with Crippen molar-refractivity contribution in [3.8, 4) is 0 Å². The Morgan fingerprint density at radius 2 is 0.784 bits per heavy atom. The summed E-state index contributed by atoms with van der Waals surface area (Å²) in [4.78, 5) is 12.4. The van der Waals surface area contributed by atoms with Gasteiger partial charge in [-0.25, -0.2) is 0 Å². The molecular weight excluding hydrogens is 631 g/mol. The van der Waals surface area contributed by atoms with E-state index in [0.717, 1.165) is 32.1 Å². The van der Waals surface area contributed by atoms with Crippen molar-refractivity contribution < 1.29 is 20.1 Å². The largest absolute Gasteiger partial charge is 0.394 e. The number of hydrogen-bond donors (Lipinski definition) is 4. The molecule has 0 radical (unpaired) electrons. The van der Waals surface area contributed by atoms with Crippen LogP contribution in [0.15, 0.2) is 24.3 Å². The molecule has 0 aliphatic carbocycles. The van der Waals surface area contributed by atoms with Crippen molar-refractivity contribution in [3.05, 3.63) is 24.3 Å². The van der Waals surface area contributed by atoms with Crippen LogP contribution in [-0.4, -0.2) is 46.1 Å². The first-order valence-corrected chi connectivity index (χ1v) is 22.7. The number of unbranched alkanes of at least 4 members (excludes halogenated alkanes) is 31. The third-order valence-electron chi connectivity index (χ3n) is 10.5. The summed E-state index contributed by atoms with van der Waals surface area (Å²) < 4.78 is 0. The van der Waals surface area contributed by atoms with E-state index in [1.807, 2.05) is 6.08 Å². The number of carbonyl (C=O) groups excluding carboxylic acids is 1. The van der Waals surface area contributed by atoms with E-state index in [0.29, 0.717) is 6.42 Å². The summed E-state index contributed by atoms with van der Waals surface area (Å²) in [7, 11) is 0. The lowest BCUT2D eigenvalue weighted by molar-refractivity contribution is -0.131. The Bertz CT molecular complexity index is 754. The summed E-state index contributed by atoms with van der Waals surface area (Å²) in [6.45, 7) is 4.18. The number of allylic oxidation sites excluding steroid dienone is 3. The number of nitrogens with one attached hydrogen (secondary N) is 1. The number of hydrogen-bond acceptors (Lipinski definition) is 4. The highest BCUT2D eigenvalue weighted by atomic mass is 16.3. The number of aliphatic hydroxyl groups excluding tert-OH is 3. The zero-order valence-electron chi connectivity index (χ0n) is 34.2. The average Bonchev–Trinajstić information content (AvgIpc) is 3.13. The molecule has 0 aromatic carbocycles. The second-order valence-corrected chi connectivity index (χ2v) is 15.6. The van der Waals surface area contributed by atoms with Gasteiger partial charge in [-0.1, -0.05) is 218 Å². The van der Waals surface area contributed by atoms with E-state index in [1.54, 1.807) is 6.08 Å². The van der Waals surface area contributed by atoms with Crippen LogP contribution in [0.5, 0.6) is 0 Å².